The highest BCUT2D eigenvalue weighted by Crippen LogP contribution is 2.16. The summed E-state index contributed by atoms with van der Waals surface area (Å²) in [7, 11) is 0. The number of alkyl halides is 2. The molecule has 0 aromatic heterocycles. The van der Waals surface area contributed by atoms with Crippen molar-refractivity contribution in [3.8, 4) is 0 Å². The van der Waals surface area contributed by atoms with Gasteiger partial charge in [-0.25, -0.2) is 22.4 Å². The number of halogens is 4. The van der Waals surface area contributed by atoms with Gasteiger partial charge in [-0.1, -0.05) is 6.07 Å². The van der Waals surface area contributed by atoms with E-state index >= 15 is 0 Å². The number of benzene rings is 1. The average molecular weight is 347 g/mol. The SMILES string of the molecule is C[C@@H](NC(=O)NC1CCN(CC(F)F)CC1)c1ccc(F)c(F)c1. The predicted molar refractivity (Wildman–Crippen MR) is 81.9 cm³/mol. The van der Waals surface area contributed by atoms with E-state index in [9.17, 15) is 22.4 Å². The third kappa shape index (κ3) is 5.36. The molecule has 1 atom stereocenters. The Morgan fingerprint density at radius 1 is 1.25 bits per heavy atom. The van der Waals surface area contributed by atoms with Gasteiger partial charge in [0.1, 0.15) is 0 Å². The number of likely N-dealkylation sites (tertiary alicyclic amines) is 1. The molecule has 0 saturated carbocycles. The van der Waals surface area contributed by atoms with E-state index < -0.39 is 30.1 Å². The van der Waals surface area contributed by atoms with Crippen LogP contribution >= 0.6 is 0 Å². The summed E-state index contributed by atoms with van der Waals surface area (Å²) in [6, 6.07) is 2.48. The van der Waals surface area contributed by atoms with Gasteiger partial charge in [-0.3, -0.25) is 4.90 Å². The molecule has 1 saturated heterocycles. The van der Waals surface area contributed by atoms with Gasteiger partial charge in [-0.15, -0.1) is 0 Å². The molecule has 1 aliphatic rings. The topological polar surface area (TPSA) is 44.4 Å². The molecule has 24 heavy (non-hydrogen) atoms. The monoisotopic (exact) mass is 347 g/mol. The van der Waals surface area contributed by atoms with E-state index in [1.807, 2.05) is 0 Å². The summed E-state index contributed by atoms with van der Waals surface area (Å²) >= 11 is 0. The maximum atomic E-state index is 13.2. The second kappa shape index (κ2) is 8.32. The normalized spacial score (nSPS) is 17.8. The zero-order valence-electron chi connectivity index (χ0n) is 13.4. The van der Waals surface area contributed by atoms with E-state index in [0.717, 1.165) is 12.1 Å². The van der Waals surface area contributed by atoms with Crippen molar-refractivity contribution >= 4 is 6.03 Å². The Bertz CT molecular complexity index is 562. The number of piperidine rings is 1. The molecule has 0 radical (unpaired) electrons. The molecule has 8 heteroatoms. The molecule has 1 aliphatic heterocycles. The summed E-state index contributed by atoms with van der Waals surface area (Å²) in [6.07, 6.45) is -1.16. The first kappa shape index (κ1) is 18.5. The fourth-order valence-corrected chi connectivity index (χ4v) is 2.74. The van der Waals surface area contributed by atoms with Gasteiger partial charge in [0.05, 0.1) is 12.6 Å². The Labute approximate surface area is 138 Å². The lowest BCUT2D eigenvalue weighted by Crippen LogP contribution is -2.48. The van der Waals surface area contributed by atoms with E-state index in [2.05, 4.69) is 10.6 Å². The third-order valence-corrected chi connectivity index (χ3v) is 4.11. The molecule has 0 unspecified atom stereocenters. The first-order chi connectivity index (χ1) is 11.3. The number of carbonyl (C=O) groups is 1. The lowest BCUT2D eigenvalue weighted by atomic mass is 10.1. The minimum absolute atomic E-state index is 0.0870. The summed E-state index contributed by atoms with van der Waals surface area (Å²) in [5, 5.41) is 5.45. The van der Waals surface area contributed by atoms with Crippen molar-refractivity contribution in [2.75, 3.05) is 19.6 Å². The Morgan fingerprint density at radius 2 is 1.92 bits per heavy atom. The molecular weight excluding hydrogens is 326 g/mol. The second-order valence-corrected chi connectivity index (χ2v) is 5.98. The van der Waals surface area contributed by atoms with Gasteiger partial charge in [0.15, 0.2) is 11.6 Å². The number of rotatable bonds is 5. The van der Waals surface area contributed by atoms with Gasteiger partial charge in [0.25, 0.3) is 6.43 Å². The van der Waals surface area contributed by atoms with Gasteiger partial charge in [0.2, 0.25) is 0 Å². The van der Waals surface area contributed by atoms with Crippen LogP contribution in [0, 0.1) is 11.6 Å². The van der Waals surface area contributed by atoms with E-state index in [0.29, 0.717) is 31.5 Å². The van der Waals surface area contributed by atoms with Crippen LogP contribution in [0.4, 0.5) is 22.4 Å². The Hall–Kier alpha value is -1.83. The average Bonchev–Trinajstić information content (AvgIpc) is 2.51. The molecule has 2 amide bonds. The Kier molecular flexibility index (Phi) is 6.42. The van der Waals surface area contributed by atoms with E-state index in [-0.39, 0.29) is 12.6 Å². The van der Waals surface area contributed by atoms with Crippen LogP contribution < -0.4 is 10.6 Å². The number of carbonyl (C=O) groups excluding carboxylic acids is 1. The van der Waals surface area contributed by atoms with Crippen LogP contribution in [0.25, 0.3) is 0 Å². The molecule has 4 nitrogen and oxygen atoms in total. The molecule has 134 valence electrons. The number of hydrogen-bond donors (Lipinski definition) is 2. The minimum Gasteiger partial charge on any atom is -0.335 e. The van der Waals surface area contributed by atoms with Crippen LogP contribution in [0.3, 0.4) is 0 Å². The standard InChI is InChI=1S/C16H21F4N3O/c1-10(11-2-3-13(17)14(18)8-11)21-16(24)22-12-4-6-23(7-5-12)9-15(19)20/h2-3,8,10,12,15H,4-7,9H2,1H3,(H2,21,22,24)/t10-/m1/s1. The largest absolute Gasteiger partial charge is 0.335 e. The Morgan fingerprint density at radius 3 is 2.50 bits per heavy atom. The van der Waals surface area contributed by atoms with Crippen LogP contribution in [-0.4, -0.2) is 43.0 Å². The predicted octanol–water partition coefficient (Wildman–Crippen LogP) is 3.05. The van der Waals surface area contributed by atoms with Gasteiger partial charge >= 0.3 is 6.03 Å². The number of nitrogens with zero attached hydrogens (tertiary/aromatic N) is 1. The maximum Gasteiger partial charge on any atom is 0.315 e. The van der Waals surface area contributed by atoms with Gasteiger partial charge in [-0.2, -0.15) is 0 Å². The van der Waals surface area contributed by atoms with Crippen molar-refractivity contribution in [3.05, 3.63) is 35.4 Å². The third-order valence-electron chi connectivity index (χ3n) is 4.11. The fraction of sp³-hybridized carbons (Fsp3) is 0.562. The quantitative estimate of drug-likeness (QED) is 0.804. The molecule has 1 fully saturated rings. The highest BCUT2D eigenvalue weighted by Gasteiger charge is 2.23. The lowest BCUT2D eigenvalue weighted by Gasteiger charge is -2.32. The second-order valence-electron chi connectivity index (χ2n) is 5.98. The van der Waals surface area contributed by atoms with Crippen LogP contribution in [0.1, 0.15) is 31.4 Å². The van der Waals surface area contributed by atoms with Crippen molar-refractivity contribution in [2.45, 2.75) is 38.3 Å². The maximum absolute atomic E-state index is 13.2. The number of nitrogens with one attached hydrogen (secondary N) is 2. The molecule has 1 aromatic rings. The fourth-order valence-electron chi connectivity index (χ4n) is 2.74. The van der Waals surface area contributed by atoms with Crippen molar-refractivity contribution in [1.82, 2.24) is 15.5 Å². The zero-order chi connectivity index (χ0) is 17.7. The Balaban J connectivity index is 1.78. The van der Waals surface area contributed by atoms with Crippen molar-refractivity contribution in [2.24, 2.45) is 0 Å². The first-order valence-electron chi connectivity index (χ1n) is 7.87. The summed E-state index contributed by atoms with van der Waals surface area (Å²) in [6.45, 7) is 2.44. The van der Waals surface area contributed by atoms with E-state index in [4.69, 9.17) is 0 Å². The summed E-state index contributed by atoms with van der Waals surface area (Å²) in [5.74, 6) is -1.90. The van der Waals surface area contributed by atoms with Gasteiger partial charge in [0, 0.05) is 19.1 Å². The van der Waals surface area contributed by atoms with Crippen molar-refractivity contribution < 1.29 is 22.4 Å². The van der Waals surface area contributed by atoms with Crippen molar-refractivity contribution in [1.29, 1.82) is 0 Å². The number of hydrogen-bond acceptors (Lipinski definition) is 2. The molecule has 1 heterocycles. The summed E-state index contributed by atoms with van der Waals surface area (Å²) in [4.78, 5) is 13.7. The van der Waals surface area contributed by atoms with Crippen LogP contribution in [0.2, 0.25) is 0 Å². The van der Waals surface area contributed by atoms with Crippen molar-refractivity contribution in [3.63, 3.8) is 0 Å². The van der Waals surface area contributed by atoms with Gasteiger partial charge in [-0.05, 0) is 37.5 Å². The van der Waals surface area contributed by atoms with E-state index in [1.165, 1.54) is 6.07 Å². The van der Waals surface area contributed by atoms with E-state index in [1.54, 1.807) is 11.8 Å². The highest BCUT2D eigenvalue weighted by molar-refractivity contribution is 5.74. The molecule has 2 rings (SSSR count). The molecular formula is C16H21F4N3O. The molecule has 0 bridgehead atoms. The molecule has 0 spiro atoms. The molecule has 2 N–H and O–H groups in total. The molecule has 1 aromatic carbocycles. The van der Waals surface area contributed by atoms with Crippen LogP contribution in [0.5, 0.6) is 0 Å². The number of urea groups is 1. The van der Waals surface area contributed by atoms with Gasteiger partial charge < -0.3 is 10.6 Å². The van der Waals surface area contributed by atoms with Crippen LogP contribution in [0.15, 0.2) is 18.2 Å². The molecule has 0 aliphatic carbocycles. The number of amides is 2. The summed E-state index contributed by atoms with van der Waals surface area (Å²) < 4.78 is 50.8. The minimum atomic E-state index is -2.35. The zero-order valence-corrected chi connectivity index (χ0v) is 13.4. The van der Waals surface area contributed by atoms with Crippen LogP contribution in [-0.2, 0) is 0 Å². The smallest absolute Gasteiger partial charge is 0.315 e. The summed E-state index contributed by atoms with van der Waals surface area (Å²) in [5.41, 5.74) is 0.454. The first-order valence-corrected chi connectivity index (χ1v) is 7.87. The lowest BCUT2D eigenvalue weighted by molar-refractivity contribution is 0.0736. The highest BCUT2D eigenvalue weighted by atomic mass is 19.3.